The first-order valence-corrected chi connectivity index (χ1v) is 8.66. The zero-order valence-electron chi connectivity index (χ0n) is 12.2. The van der Waals surface area contributed by atoms with E-state index in [1.807, 2.05) is 24.4 Å². The summed E-state index contributed by atoms with van der Waals surface area (Å²) in [4.78, 5) is 1.09. The molecule has 1 heterocycles. The second-order valence-corrected chi connectivity index (χ2v) is 6.69. The van der Waals surface area contributed by atoms with Crippen molar-refractivity contribution >= 4 is 27.3 Å². The minimum Gasteiger partial charge on any atom is -0.488 e. The number of thiophene rings is 1. The predicted octanol–water partition coefficient (Wildman–Crippen LogP) is 5.29. The van der Waals surface area contributed by atoms with Gasteiger partial charge in [-0.1, -0.05) is 13.0 Å². The number of hydrogen-bond acceptors (Lipinski definition) is 3. The summed E-state index contributed by atoms with van der Waals surface area (Å²) in [7, 11) is 0. The molecule has 0 amide bonds. The highest BCUT2D eigenvalue weighted by Crippen LogP contribution is 2.26. The molecule has 0 aliphatic heterocycles. The number of hydrogen-bond donors (Lipinski definition) is 1. The molecule has 1 N–H and O–H groups in total. The van der Waals surface area contributed by atoms with Crippen LogP contribution in [-0.2, 0) is 6.61 Å². The predicted molar refractivity (Wildman–Crippen MR) is 89.5 cm³/mol. The Hall–Kier alpha value is -0.910. The molecule has 2 nitrogen and oxygen atoms in total. The van der Waals surface area contributed by atoms with Gasteiger partial charge in [-0.2, -0.15) is 0 Å². The van der Waals surface area contributed by atoms with Gasteiger partial charge in [0.25, 0.3) is 0 Å². The maximum Gasteiger partial charge on any atom is 0.131 e. The molecule has 2 aromatic rings. The van der Waals surface area contributed by atoms with E-state index in [-0.39, 0.29) is 11.9 Å². The summed E-state index contributed by atoms with van der Waals surface area (Å²) in [5, 5.41) is 5.28. The van der Waals surface area contributed by atoms with Crippen LogP contribution in [0.4, 0.5) is 4.39 Å². The SMILES string of the molecule is CCCNC(C)c1ccc(OCc2sccc2Br)cc1F. The molecule has 0 saturated carbocycles. The molecular weight excluding hydrogens is 353 g/mol. The van der Waals surface area contributed by atoms with E-state index in [1.165, 1.54) is 6.07 Å². The molecule has 1 aromatic carbocycles. The minimum atomic E-state index is -0.228. The molecule has 2 rings (SSSR count). The number of ether oxygens (including phenoxy) is 1. The lowest BCUT2D eigenvalue weighted by Gasteiger charge is -2.15. The molecule has 5 heteroatoms. The summed E-state index contributed by atoms with van der Waals surface area (Å²) in [5.74, 6) is 0.327. The van der Waals surface area contributed by atoms with Crippen molar-refractivity contribution in [3.8, 4) is 5.75 Å². The van der Waals surface area contributed by atoms with Crippen molar-refractivity contribution in [2.24, 2.45) is 0 Å². The lowest BCUT2D eigenvalue weighted by atomic mass is 10.1. The van der Waals surface area contributed by atoms with Crippen molar-refractivity contribution in [2.45, 2.75) is 32.9 Å². The second kappa shape index (κ2) is 7.92. The van der Waals surface area contributed by atoms with Gasteiger partial charge in [-0.05, 0) is 53.3 Å². The van der Waals surface area contributed by atoms with Crippen molar-refractivity contribution in [3.63, 3.8) is 0 Å². The molecule has 0 aliphatic rings. The van der Waals surface area contributed by atoms with Gasteiger partial charge >= 0.3 is 0 Å². The molecule has 0 bridgehead atoms. The van der Waals surface area contributed by atoms with Gasteiger partial charge in [-0.25, -0.2) is 4.39 Å². The van der Waals surface area contributed by atoms with Crippen molar-refractivity contribution in [3.05, 3.63) is 50.4 Å². The third-order valence-corrected chi connectivity index (χ3v) is 5.10. The molecule has 0 saturated heterocycles. The smallest absolute Gasteiger partial charge is 0.131 e. The second-order valence-electron chi connectivity index (χ2n) is 4.84. The summed E-state index contributed by atoms with van der Waals surface area (Å²) in [6, 6.07) is 7.06. The molecule has 21 heavy (non-hydrogen) atoms. The van der Waals surface area contributed by atoms with Gasteiger partial charge in [-0.3, -0.25) is 0 Å². The van der Waals surface area contributed by atoms with Crippen LogP contribution in [-0.4, -0.2) is 6.54 Å². The Morgan fingerprint density at radius 2 is 2.19 bits per heavy atom. The van der Waals surface area contributed by atoms with Gasteiger partial charge < -0.3 is 10.1 Å². The minimum absolute atomic E-state index is 0.00504. The third kappa shape index (κ3) is 4.53. The van der Waals surface area contributed by atoms with Gasteiger partial charge in [0.2, 0.25) is 0 Å². The van der Waals surface area contributed by atoms with Gasteiger partial charge in [0.15, 0.2) is 0 Å². The van der Waals surface area contributed by atoms with E-state index in [9.17, 15) is 4.39 Å². The van der Waals surface area contributed by atoms with Gasteiger partial charge in [-0.15, -0.1) is 11.3 Å². The summed E-state index contributed by atoms with van der Waals surface area (Å²) < 4.78 is 20.8. The Balaban J connectivity index is 2.00. The Morgan fingerprint density at radius 1 is 1.38 bits per heavy atom. The largest absolute Gasteiger partial charge is 0.488 e. The van der Waals surface area contributed by atoms with Crippen LogP contribution in [0.2, 0.25) is 0 Å². The van der Waals surface area contributed by atoms with E-state index in [0.29, 0.717) is 17.9 Å². The maximum absolute atomic E-state index is 14.1. The highest BCUT2D eigenvalue weighted by atomic mass is 79.9. The third-order valence-electron chi connectivity index (χ3n) is 3.20. The van der Waals surface area contributed by atoms with Crippen molar-refractivity contribution < 1.29 is 9.13 Å². The van der Waals surface area contributed by atoms with Crippen LogP contribution < -0.4 is 10.1 Å². The molecule has 1 aromatic heterocycles. The molecule has 0 spiro atoms. The van der Waals surface area contributed by atoms with Crippen molar-refractivity contribution in [2.75, 3.05) is 6.54 Å². The van der Waals surface area contributed by atoms with E-state index in [0.717, 1.165) is 22.3 Å². The summed E-state index contributed by atoms with van der Waals surface area (Å²) in [5.41, 5.74) is 0.674. The topological polar surface area (TPSA) is 21.3 Å². The highest BCUT2D eigenvalue weighted by Gasteiger charge is 2.11. The standard InChI is InChI=1S/C16H19BrFNOS/c1-3-7-19-11(2)13-5-4-12(9-15(13)18)20-10-16-14(17)6-8-21-16/h4-6,8-9,11,19H,3,7,10H2,1-2H3. The molecule has 0 radical (unpaired) electrons. The van der Waals surface area contributed by atoms with Crippen LogP contribution in [0.5, 0.6) is 5.75 Å². The normalized spacial score (nSPS) is 12.4. The molecular formula is C16H19BrFNOS. The lowest BCUT2D eigenvalue weighted by molar-refractivity contribution is 0.307. The zero-order chi connectivity index (χ0) is 15.2. The first-order valence-electron chi connectivity index (χ1n) is 6.99. The summed E-state index contributed by atoms with van der Waals surface area (Å²) in [6.07, 6.45) is 1.03. The maximum atomic E-state index is 14.1. The van der Waals surface area contributed by atoms with Crippen molar-refractivity contribution in [1.82, 2.24) is 5.32 Å². The Kier molecular flexibility index (Phi) is 6.21. The number of benzene rings is 1. The molecule has 0 fully saturated rings. The number of halogens is 2. The van der Waals surface area contributed by atoms with E-state index < -0.39 is 0 Å². The van der Waals surface area contributed by atoms with Crippen molar-refractivity contribution in [1.29, 1.82) is 0 Å². The Bertz CT molecular complexity index is 587. The fourth-order valence-corrected chi connectivity index (χ4v) is 3.37. The van der Waals surface area contributed by atoms with Crippen LogP contribution >= 0.6 is 27.3 Å². The van der Waals surface area contributed by atoms with Gasteiger partial charge in [0, 0.05) is 22.1 Å². The highest BCUT2D eigenvalue weighted by molar-refractivity contribution is 9.10. The fourth-order valence-electron chi connectivity index (χ4n) is 2.00. The Labute approximate surface area is 137 Å². The Morgan fingerprint density at radius 3 is 2.81 bits per heavy atom. The molecule has 114 valence electrons. The first-order chi connectivity index (χ1) is 10.1. The van der Waals surface area contributed by atoms with Gasteiger partial charge in [0.05, 0.1) is 4.88 Å². The van der Waals surface area contributed by atoms with Crippen LogP contribution in [0.3, 0.4) is 0 Å². The average Bonchev–Trinajstić information content (AvgIpc) is 2.88. The lowest BCUT2D eigenvalue weighted by Crippen LogP contribution is -2.20. The zero-order valence-corrected chi connectivity index (χ0v) is 14.6. The average molecular weight is 372 g/mol. The van der Waals surface area contributed by atoms with Crippen LogP contribution in [0, 0.1) is 5.82 Å². The van der Waals surface area contributed by atoms with E-state index in [4.69, 9.17) is 4.74 Å². The fraction of sp³-hybridized carbons (Fsp3) is 0.375. The molecule has 1 unspecified atom stereocenters. The molecule has 0 aliphatic carbocycles. The van der Waals surface area contributed by atoms with E-state index in [2.05, 4.69) is 28.2 Å². The van der Waals surface area contributed by atoms with Gasteiger partial charge in [0.1, 0.15) is 18.2 Å². The van der Waals surface area contributed by atoms with Crippen LogP contribution in [0.1, 0.15) is 36.8 Å². The van der Waals surface area contributed by atoms with E-state index in [1.54, 1.807) is 17.4 Å². The molecule has 1 atom stereocenters. The monoisotopic (exact) mass is 371 g/mol. The summed E-state index contributed by atoms with van der Waals surface area (Å²) in [6.45, 7) is 5.39. The van der Waals surface area contributed by atoms with E-state index >= 15 is 0 Å². The quantitative estimate of drug-likeness (QED) is 0.713. The first kappa shape index (κ1) is 16.5. The van der Waals surface area contributed by atoms with Crippen LogP contribution in [0.25, 0.3) is 0 Å². The van der Waals surface area contributed by atoms with Crippen LogP contribution in [0.15, 0.2) is 34.1 Å². The number of nitrogens with one attached hydrogen (secondary N) is 1. The number of rotatable bonds is 7. The summed E-state index contributed by atoms with van der Waals surface area (Å²) >= 11 is 5.07.